The standard InChI is InChI=1S/C12H15ClN2O3/c1-8(16)15-11(12(17)18)7-14-6-9-3-2-4-10(13)5-9/h2-5,11,14H,6-7H2,1H3,(H,15,16)(H,17,18). The average Bonchev–Trinajstić information content (AvgIpc) is 2.27. The van der Waals surface area contributed by atoms with Crippen LogP contribution in [0.25, 0.3) is 0 Å². The second kappa shape index (κ2) is 6.98. The van der Waals surface area contributed by atoms with Crippen LogP contribution in [0.2, 0.25) is 5.02 Å². The van der Waals surface area contributed by atoms with E-state index in [0.29, 0.717) is 11.6 Å². The first-order valence-corrected chi connectivity index (χ1v) is 5.82. The molecule has 5 nitrogen and oxygen atoms in total. The number of hydrogen-bond acceptors (Lipinski definition) is 3. The number of amides is 1. The van der Waals surface area contributed by atoms with Crippen molar-refractivity contribution in [3.8, 4) is 0 Å². The number of carboxylic acids is 1. The maximum atomic E-state index is 10.9. The summed E-state index contributed by atoms with van der Waals surface area (Å²) in [5.41, 5.74) is 0.953. The lowest BCUT2D eigenvalue weighted by Gasteiger charge is -2.14. The Morgan fingerprint density at radius 3 is 2.72 bits per heavy atom. The SMILES string of the molecule is CC(=O)NC(CNCc1cccc(Cl)c1)C(=O)O. The fraction of sp³-hybridized carbons (Fsp3) is 0.333. The van der Waals surface area contributed by atoms with Crippen molar-refractivity contribution in [1.82, 2.24) is 10.6 Å². The van der Waals surface area contributed by atoms with Gasteiger partial charge in [-0.1, -0.05) is 23.7 Å². The highest BCUT2D eigenvalue weighted by molar-refractivity contribution is 6.30. The molecule has 0 radical (unpaired) electrons. The van der Waals surface area contributed by atoms with Gasteiger partial charge in [-0.3, -0.25) is 4.79 Å². The van der Waals surface area contributed by atoms with Gasteiger partial charge in [0.2, 0.25) is 5.91 Å². The zero-order valence-electron chi connectivity index (χ0n) is 9.94. The first-order chi connectivity index (χ1) is 8.49. The van der Waals surface area contributed by atoms with Gasteiger partial charge in [0.25, 0.3) is 0 Å². The fourth-order valence-corrected chi connectivity index (χ4v) is 1.67. The molecular weight excluding hydrogens is 256 g/mol. The number of aliphatic carboxylic acids is 1. The van der Waals surface area contributed by atoms with Crippen LogP contribution in [0.5, 0.6) is 0 Å². The number of nitrogens with one attached hydrogen (secondary N) is 2. The zero-order valence-corrected chi connectivity index (χ0v) is 10.7. The van der Waals surface area contributed by atoms with Crippen LogP contribution in [0, 0.1) is 0 Å². The minimum atomic E-state index is -1.07. The van der Waals surface area contributed by atoms with Crippen LogP contribution < -0.4 is 10.6 Å². The third-order valence-electron chi connectivity index (χ3n) is 2.24. The van der Waals surface area contributed by atoms with Crippen LogP contribution in [0.15, 0.2) is 24.3 Å². The molecule has 1 rings (SSSR count). The Kier molecular flexibility index (Phi) is 5.61. The summed E-state index contributed by atoms with van der Waals surface area (Å²) in [6.45, 7) is 1.93. The van der Waals surface area contributed by atoms with Gasteiger partial charge in [0.05, 0.1) is 0 Å². The minimum Gasteiger partial charge on any atom is -0.480 e. The van der Waals surface area contributed by atoms with Crippen LogP contribution in [0.4, 0.5) is 0 Å². The van der Waals surface area contributed by atoms with Crippen LogP contribution in [-0.4, -0.2) is 29.6 Å². The molecule has 1 aromatic rings. The van der Waals surface area contributed by atoms with Gasteiger partial charge in [0.1, 0.15) is 6.04 Å². The van der Waals surface area contributed by atoms with Gasteiger partial charge in [-0.05, 0) is 17.7 Å². The molecule has 0 aromatic heterocycles. The molecular formula is C12H15ClN2O3. The summed E-state index contributed by atoms with van der Waals surface area (Å²) < 4.78 is 0. The van der Waals surface area contributed by atoms with E-state index in [9.17, 15) is 9.59 Å². The van der Waals surface area contributed by atoms with Gasteiger partial charge in [-0.15, -0.1) is 0 Å². The highest BCUT2D eigenvalue weighted by atomic mass is 35.5. The van der Waals surface area contributed by atoms with E-state index in [1.165, 1.54) is 6.92 Å². The number of halogens is 1. The van der Waals surface area contributed by atoms with E-state index in [1.54, 1.807) is 12.1 Å². The molecule has 98 valence electrons. The third-order valence-corrected chi connectivity index (χ3v) is 2.48. The van der Waals surface area contributed by atoms with Crippen molar-refractivity contribution in [3.05, 3.63) is 34.9 Å². The molecule has 1 amide bonds. The summed E-state index contributed by atoms with van der Waals surface area (Å²) in [6, 6.07) is 6.33. The van der Waals surface area contributed by atoms with Gasteiger partial charge >= 0.3 is 5.97 Å². The van der Waals surface area contributed by atoms with E-state index in [-0.39, 0.29) is 12.5 Å². The monoisotopic (exact) mass is 270 g/mol. The lowest BCUT2D eigenvalue weighted by molar-refractivity contribution is -0.141. The van der Waals surface area contributed by atoms with Gasteiger partial charge in [-0.2, -0.15) is 0 Å². The summed E-state index contributed by atoms with van der Waals surface area (Å²) >= 11 is 5.83. The van der Waals surface area contributed by atoms with Crippen LogP contribution in [0.1, 0.15) is 12.5 Å². The number of hydrogen-bond donors (Lipinski definition) is 3. The molecule has 0 aliphatic heterocycles. The molecule has 0 saturated heterocycles. The van der Waals surface area contributed by atoms with Crippen molar-refractivity contribution in [2.24, 2.45) is 0 Å². The van der Waals surface area contributed by atoms with Gasteiger partial charge in [-0.25, -0.2) is 4.79 Å². The molecule has 6 heteroatoms. The Bertz CT molecular complexity index is 437. The Hall–Kier alpha value is -1.59. The number of benzene rings is 1. The van der Waals surface area contributed by atoms with Crippen molar-refractivity contribution in [3.63, 3.8) is 0 Å². The smallest absolute Gasteiger partial charge is 0.327 e. The lowest BCUT2D eigenvalue weighted by atomic mass is 10.2. The summed E-state index contributed by atoms with van der Waals surface area (Å²) in [5, 5.41) is 14.8. The van der Waals surface area contributed by atoms with Crippen molar-refractivity contribution in [2.75, 3.05) is 6.54 Å². The molecule has 0 aliphatic rings. The van der Waals surface area contributed by atoms with Crippen LogP contribution in [-0.2, 0) is 16.1 Å². The first-order valence-electron chi connectivity index (χ1n) is 5.44. The lowest BCUT2D eigenvalue weighted by Crippen LogP contribution is -2.46. The van der Waals surface area contributed by atoms with Gasteiger partial charge in [0, 0.05) is 25.0 Å². The summed E-state index contributed by atoms with van der Waals surface area (Å²) in [6.07, 6.45) is 0. The number of carboxylic acid groups (broad SMARTS) is 1. The molecule has 0 spiro atoms. The normalized spacial score (nSPS) is 11.9. The Balaban J connectivity index is 2.43. The van der Waals surface area contributed by atoms with Crippen molar-refractivity contribution >= 4 is 23.5 Å². The second-order valence-corrected chi connectivity index (χ2v) is 4.29. The maximum Gasteiger partial charge on any atom is 0.327 e. The number of carbonyl (C=O) groups is 2. The second-order valence-electron chi connectivity index (χ2n) is 3.85. The first kappa shape index (κ1) is 14.5. The van der Waals surface area contributed by atoms with E-state index < -0.39 is 12.0 Å². The molecule has 0 bridgehead atoms. The predicted octanol–water partition coefficient (Wildman–Crippen LogP) is 1.02. The number of carbonyl (C=O) groups excluding carboxylic acids is 1. The average molecular weight is 271 g/mol. The van der Waals surface area contributed by atoms with Crippen molar-refractivity contribution in [1.29, 1.82) is 0 Å². The molecule has 1 atom stereocenters. The maximum absolute atomic E-state index is 10.9. The molecule has 0 heterocycles. The zero-order chi connectivity index (χ0) is 13.5. The van der Waals surface area contributed by atoms with Crippen molar-refractivity contribution in [2.45, 2.75) is 19.5 Å². The van der Waals surface area contributed by atoms with E-state index in [1.807, 2.05) is 12.1 Å². The predicted molar refractivity (Wildman–Crippen MR) is 68.4 cm³/mol. The molecule has 3 N–H and O–H groups in total. The largest absolute Gasteiger partial charge is 0.480 e. The molecule has 1 aromatic carbocycles. The molecule has 18 heavy (non-hydrogen) atoms. The summed E-state index contributed by atoms with van der Waals surface area (Å²) in [4.78, 5) is 21.7. The minimum absolute atomic E-state index is 0.154. The van der Waals surface area contributed by atoms with E-state index in [4.69, 9.17) is 16.7 Å². The fourth-order valence-electron chi connectivity index (χ4n) is 1.45. The highest BCUT2D eigenvalue weighted by Crippen LogP contribution is 2.10. The topological polar surface area (TPSA) is 78.4 Å². The van der Waals surface area contributed by atoms with Crippen LogP contribution >= 0.6 is 11.6 Å². The van der Waals surface area contributed by atoms with Crippen LogP contribution in [0.3, 0.4) is 0 Å². The molecule has 0 fully saturated rings. The molecule has 0 saturated carbocycles. The van der Waals surface area contributed by atoms with E-state index >= 15 is 0 Å². The molecule has 1 unspecified atom stereocenters. The van der Waals surface area contributed by atoms with E-state index in [0.717, 1.165) is 5.56 Å². The van der Waals surface area contributed by atoms with Gasteiger partial charge < -0.3 is 15.7 Å². The Morgan fingerprint density at radius 1 is 1.44 bits per heavy atom. The highest BCUT2D eigenvalue weighted by Gasteiger charge is 2.17. The third kappa shape index (κ3) is 5.16. The van der Waals surface area contributed by atoms with Crippen molar-refractivity contribution < 1.29 is 14.7 Å². The quantitative estimate of drug-likeness (QED) is 0.721. The Labute approximate surface area is 110 Å². The summed E-state index contributed by atoms with van der Waals surface area (Å²) in [5.74, 6) is -1.43. The van der Waals surface area contributed by atoms with Gasteiger partial charge in [0.15, 0.2) is 0 Å². The van der Waals surface area contributed by atoms with E-state index in [2.05, 4.69) is 10.6 Å². The Morgan fingerprint density at radius 2 is 2.17 bits per heavy atom. The summed E-state index contributed by atoms with van der Waals surface area (Å²) in [7, 11) is 0. The number of rotatable bonds is 6. The molecule has 0 aliphatic carbocycles.